The number of rotatable bonds is 0. The van der Waals surface area contributed by atoms with Gasteiger partial charge in [-0.1, -0.05) is 29.9 Å². The van der Waals surface area contributed by atoms with Crippen LogP contribution in [0.15, 0.2) is 35.5 Å². The third-order valence-electron chi connectivity index (χ3n) is 2.93. The standard InChI is InChI=1S/C12H17N/c1-13-9-7-12(8-10-13)11-5-3-2-4-6-11/h2-5H,6-10H2,1H3. The van der Waals surface area contributed by atoms with Gasteiger partial charge in [0.1, 0.15) is 0 Å². The lowest BCUT2D eigenvalue weighted by Crippen LogP contribution is -2.26. The van der Waals surface area contributed by atoms with E-state index in [0.29, 0.717) is 0 Å². The SMILES string of the molecule is CN1CCC(=C2C=CC=CC2)CC1. The Kier molecular flexibility index (Phi) is 2.65. The first-order valence-electron chi connectivity index (χ1n) is 5.09. The number of allylic oxidation sites excluding steroid dienone is 5. The van der Waals surface area contributed by atoms with Crippen LogP contribution in [0.3, 0.4) is 0 Å². The Morgan fingerprint density at radius 2 is 1.92 bits per heavy atom. The summed E-state index contributed by atoms with van der Waals surface area (Å²) in [6, 6.07) is 0. The molecule has 1 nitrogen and oxygen atoms in total. The number of hydrogen-bond acceptors (Lipinski definition) is 1. The van der Waals surface area contributed by atoms with Crippen LogP contribution in [0.4, 0.5) is 0 Å². The highest BCUT2D eigenvalue weighted by atomic mass is 15.1. The van der Waals surface area contributed by atoms with Crippen LogP contribution in [-0.4, -0.2) is 25.0 Å². The normalized spacial score (nSPS) is 24.1. The Bertz CT molecular complexity index is 261. The zero-order valence-corrected chi connectivity index (χ0v) is 8.29. The van der Waals surface area contributed by atoms with Gasteiger partial charge in [-0.05, 0) is 31.9 Å². The molecule has 0 amide bonds. The van der Waals surface area contributed by atoms with Gasteiger partial charge in [-0.15, -0.1) is 0 Å². The highest BCUT2D eigenvalue weighted by molar-refractivity contribution is 5.34. The second-order valence-corrected chi connectivity index (χ2v) is 3.92. The molecule has 0 spiro atoms. The van der Waals surface area contributed by atoms with Crippen LogP contribution in [0.1, 0.15) is 19.3 Å². The molecule has 0 atom stereocenters. The van der Waals surface area contributed by atoms with Crippen LogP contribution in [0.25, 0.3) is 0 Å². The summed E-state index contributed by atoms with van der Waals surface area (Å²) < 4.78 is 0. The van der Waals surface area contributed by atoms with Crippen molar-refractivity contribution in [1.82, 2.24) is 4.90 Å². The lowest BCUT2D eigenvalue weighted by molar-refractivity contribution is 0.311. The van der Waals surface area contributed by atoms with Crippen molar-refractivity contribution in [3.05, 3.63) is 35.5 Å². The van der Waals surface area contributed by atoms with E-state index in [9.17, 15) is 0 Å². The molecule has 0 radical (unpaired) electrons. The fraction of sp³-hybridized carbons (Fsp3) is 0.500. The molecule has 0 aromatic carbocycles. The van der Waals surface area contributed by atoms with E-state index in [1.165, 1.54) is 25.9 Å². The summed E-state index contributed by atoms with van der Waals surface area (Å²) in [4.78, 5) is 2.41. The van der Waals surface area contributed by atoms with Crippen molar-refractivity contribution in [2.45, 2.75) is 19.3 Å². The maximum atomic E-state index is 2.41. The molecular weight excluding hydrogens is 158 g/mol. The summed E-state index contributed by atoms with van der Waals surface area (Å²) in [7, 11) is 2.21. The smallest absolute Gasteiger partial charge is 0.00159 e. The van der Waals surface area contributed by atoms with E-state index in [1.807, 2.05) is 0 Å². The largest absolute Gasteiger partial charge is 0.306 e. The fourth-order valence-corrected chi connectivity index (χ4v) is 1.99. The molecule has 1 aliphatic heterocycles. The molecule has 2 aliphatic rings. The Labute approximate surface area is 80.4 Å². The van der Waals surface area contributed by atoms with Gasteiger partial charge in [0.2, 0.25) is 0 Å². The van der Waals surface area contributed by atoms with Crippen molar-refractivity contribution >= 4 is 0 Å². The number of likely N-dealkylation sites (tertiary alicyclic amines) is 1. The van der Waals surface area contributed by atoms with Crippen LogP contribution >= 0.6 is 0 Å². The maximum absolute atomic E-state index is 2.41. The predicted octanol–water partition coefficient (Wildman–Crippen LogP) is 2.52. The molecule has 1 heteroatoms. The van der Waals surface area contributed by atoms with Crippen molar-refractivity contribution in [1.29, 1.82) is 0 Å². The second kappa shape index (κ2) is 3.93. The highest BCUT2D eigenvalue weighted by Gasteiger charge is 2.12. The number of nitrogens with zero attached hydrogens (tertiary/aromatic N) is 1. The van der Waals surface area contributed by atoms with Crippen LogP contribution in [-0.2, 0) is 0 Å². The predicted molar refractivity (Wildman–Crippen MR) is 56.7 cm³/mol. The minimum absolute atomic E-state index is 1.15. The first-order chi connectivity index (χ1) is 6.36. The van der Waals surface area contributed by atoms with Crippen LogP contribution in [0.2, 0.25) is 0 Å². The molecule has 0 unspecified atom stereocenters. The summed E-state index contributed by atoms with van der Waals surface area (Å²) >= 11 is 0. The van der Waals surface area contributed by atoms with Crippen LogP contribution in [0.5, 0.6) is 0 Å². The van der Waals surface area contributed by atoms with E-state index < -0.39 is 0 Å². The summed E-state index contributed by atoms with van der Waals surface area (Å²) in [5, 5.41) is 0. The number of hydrogen-bond donors (Lipinski definition) is 0. The lowest BCUT2D eigenvalue weighted by Gasteiger charge is -2.26. The topological polar surface area (TPSA) is 3.24 Å². The lowest BCUT2D eigenvalue weighted by atomic mass is 9.94. The summed E-state index contributed by atoms with van der Waals surface area (Å²) in [5.74, 6) is 0. The molecule has 1 fully saturated rings. The van der Waals surface area contributed by atoms with E-state index in [1.54, 1.807) is 11.1 Å². The van der Waals surface area contributed by atoms with Crippen molar-refractivity contribution < 1.29 is 0 Å². The van der Waals surface area contributed by atoms with Gasteiger partial charge in [0.25, 0.3) is 0 Å². The molecule has 1 heterocycles. The zero-order valence-electron chi connectivity index (χ0n) is 8.29. The minimum Gasteiger partial charge on any atom is -0.306 e. The van der Waals surface area contributed by atoms with E-state index in [-0.39, 0.29) is 0 Å². The van der Waals surface area contributed by atoms with Gasteiger partial charge in [0.15, 0.2) is 0 Å². The molecule has 70 valence electrons. The van der Waals surface area contributed by atoms with Gasteiger partial charge in [0, 0.05) is 13.1 Å². The van der Waals surface area contributed by atoms with Crippen molar-refractivity contribution in [3.8, 4) is 0 Å². The van der Waals surface area contributed by atoms with Gasteiger partial charge < -0.3 is 4.90 Å². The Hall–Kier alpha value is -0.820. The molecule has 2 rings (SSSR count). The van der Waals surface area contributed by atoms with Crippen molar-refractivity contribution in [2.24, 2.45) is 0 Å². The summed E-state index contributed by atoms with van der Waals surface area (Å²) in [5.41, 5.74) is 3.24. The van der Waals surface area contributed by atoms with E-state index in [4.69, 9.17) is 0 Å². The molecule has 0 saturated carbocycles. The van der Waals surface area contributed by atoms with Gasteiger partial charge in [-0.25, -0.2) is 0 Å². The quantitative estimate of drug-likeness (QED) is 0.547. The van der Waals surface area contributed by atoms with Gasteiger partial charge >= 0.3 is 0 Å². The summed E-state index contributed by atoms with van der Waals surface area (Å²) in [6.45, 7) is 2.47. The molecule has 0 N–H and O–H groups in total. The Balaban J connectivity index is 2.07. The fourth-order valence-electron chi connectivity index (χ4n) is 1.99. The molecule has 0 aromatic heterocycles. The van der Waals surface area contributed by atoms with Gasteiger partial charge in [0.05, 0.1) is 0 Å². The molecule has 0 aromatic rings. The molecule has 0 bridgehead atoms. The average Bonchev–Trinajstić information content (AvgIpc) is 2.20. The van der Waals surface area contributed by atoms with Crippen molar-refractivity contribution in [2.75, 3.05) is 20.1 Å². The average molecular weight is 175 g/mol. The third kappa shape index (κ3) is 2.10. The monoisotopic (exact) mass is 175 g/mol. The molecule has 1 saturated heterocycles. The summed E-state index contributed by atoms with van der Waals surface area (Å²) in [6.07, 6.45) is 12.5. The Morgan fingerprint density at radius 3 is 2.54 bits per heavy atom. The first kappa shape index (κ1) is 8.76. The van der Waals surface area contributed by atoms with Gasteiger partial charge in [-0.2, -0.15) is 0 Å². The van der Waals surface area contributed by atoms with Gasteiger partial charge in [-0.3, -0.25) is 0 Å². The maximum Gasteiger partial charge on any atom is 0.00159 e. The molecular formula is C12H17N. The molecule has 13 heavy (non-hydrogen) atoms. The third-order valence-corrected chi connectivity index (χ3v) is 2.93. The number of piperidine rings is 1. The van der Waals surface area contributed by atoms with E-state index in [2.05, 4.69) is 36.3 Å². The Morgan fingerprint density at radius 1 is 1.15 bits per heavy atom. The minimum atomic E-state index is 1.15. The second-order valence-electron chi connectivity index (χ2n) is 3.92. The molecule has 1 aliphatic carbocycles. The van der Waals surface area contributed by atoms with Crippen LogP contribution < -0.4 is 0 Å². The first-order valence-corrected chi connectivity index (χ1v) is 5.09. The zero-order chi connectivity index (χ0) is 9.10. The van der Waals surface area contributed by atoms with Crippen molar-refractivity contribution in [3.63, 3.8) is 0 Å². The van der Waals surface area contributed by atoms with E-state index in [0.717, 1.165) is 6.42 Å². The van der Waals surface area contributed by atoms with E-state index >= 15 is 0 Å². The highest BCUT2D eigenvalue weighted by Crippen LogP contribution is 2.23. The van der Waals surface area contributed by atoms with Crippen LogP contribution in [0, 0.1) is 0 Å².